The number of carbonyl (C=O) groups is 3. The molecule has 0 aromatic carbocycles. The lowest BCUT2D eigenvalue weighted by Gasteiger charge is -2.54. The maximum Gasteiger partial charge on any atom is 0.251 e. The normalized spacial score (nSPS) is 29.2. The molecule has 8 nitrogen and oxygen atoms in total. The zero-order valence-electron chi connectivity index (χ0n) is 13.7. The number of β-lactam (4-membered cyclic amide) rings is 1. The third-order valence-electron chi connectivity index (χ3n) is 5.04. The van der Waals surface area contributed by atoms with Crippen molar-refractivity contribution in [3.8, 4) is 0 Å². The van der Waals surface area contributed by atoms with E-state index in [-0.39, 0.29) is 18.4 Å². The van der Waals surface area contributed by atoms with Crippen LogP contribution in [0, 0.1) is 5.92 Å². The number of nitrogens with two attached hydrogens (primary N) is 1. The van der Waals surface area contributed by atoms with Crippen molar-refractivity contribution >= 4 is 17.7 Å². The highest BCUT2D eigenvalue weighted by molar-refractivity contribution is 6.00. The highest BCUT2D eigenvalue weighted by Gasteiger charge is 2.62. The summed E-state index contributed by atoms with van der Waals surface area (Å²) in [5.41, 5.74) is 4.32. The summed E-state index contributed by atoms with van der Waals surface area (Å²) in [6.45, 7) is 5.20. The Balaban J connectivity index is 2.19. The van der Waals surface area contributed by atoms with Crippen LogP contribution >= 0.6 is 0 Å². The maximum atomic E-state index is 12.7. The molecule has 2 heterocycles. The second kappa shape index (κ2) is 6.09. The van der Waals surface area contributed by atoms with Crippen molar-refractivity contribution in [3.63, 3.8) is 0 Å². The fraction of sp³-hybridized carbons (Fsp3) is 0.800. The van der Waals surface area contributed by atoms with Crippen LogP contribution in [0.15, 0.2) is 0 Å². The summed E-state index contributed by atoms with van der Waals surface area (Å²) in [4.78, 5) is 39.5. The van der Waals surface area contributed by atoms with Gasteiger partial charge in [0.05, 0.1) is 24.7 Å². The summed E-state index contributed by atoms with van der Waals surface area (Å²) in [7, 11) is 0. The summed E-state index contributed by atoms with van der Waals surface area (Å²) in [6.07, 6.45) is -0.669. The summed E-state index contributed by atoms with van der Waals surface area (Å²) < 4.78 is 0. The van der Waals surface area contributed by atoms with Crippen LogP contribution in [0.5, 0.6) is 0 Å². The van der Waals surface area contributed by atoms with Crippen LogP contribution in [0.2, 0.25) is 0 Å². The number of aliphatic hydroxyl groups excluding tert-OH is 2. The van der Waals surface area contributed by atoms with Gasteiger partial charge in [0.25, 0.3) is 5.91 Å². The van der Waals surface area contributed by atoms with Crippen molar-refractivity contribution < 1.29 is 24.6 Å². The van der Waals surface area contributed by atoms with Crippen LogP contribution in [0.3, 0.4) is 0 Å². The number of hydrogen-bond acceptors (Lipinski definition) is 5. The van der Waals surface area contributed by atoms with E-state index >= 15 is 0 Å². The molecule has 8 heteroatoms. The summed E-state index contributed by atoms with van der Waals surface area (Å²) in [6, 6.07) is -1.08. The number of likely N-dealkylation sites (tertiary alicyclic amines) is 2. The zero-order chi connectivity index (χ0) is 17.5. The molecule has 2 aliphatic heterocycles. The van der Waals surface area contributed by atoms with Gasteiger partial charge in [0, 0.05) is 6.54 Å². The Hall–Kier alpha value is -1.67. The fourth-order valence-corrected chi connectivity index (χ4v) is 3.51. The topological polar surface area (TPSA) is 124 Å². The highest BCUT2D eigenvalue weighted by atomic mass is 16.3. The highest BCUT2D eigenvalue weighted by Crippen LogP contribution is 2.41. The second-order valence-corrected chi connectivity index (χ2v) is 6.68. The Morgan fingerprint density at radius 2 is 1.83 bits per heavy atom. The molecule has 0 radical (unpaired) electrons. The SMILES string of the molecule is C[C@H](C(=O)N1CCCC12CN([C@H](C(N)=O)[C@@H](C)O)C2=O)[C@@H](C)O. The average molecular weight is 327 g/mol. The summed E-state index contributed by atoms with van der Waals surface area (Å²) >= 11 is 0. The van der Waals surface area contributed by atoms with Gasteiger partial charge >= 0.3 is 0 Å². The van der Waals surface area contributed by atoms with E-state index in [9.17, 15) is 24.6 Å². The van der Waals surface area contributed by atoms with Crippen molar-refractivity contribution in [2.45, 2.75) is 57.4 Å². The lowest BCUT2D eigenvalue weighted by molar-refractivity contribution is -0.177. The minimum absolute atomic E-state index is 0.183. The molecule has 0 aliphatic carbocycles. The first-order chi connectivity index (χ1) is 10.6. The molecule has 1 spiro atoms. The first kappa shape index (κ1) is 17.7. The first-order valence-corrected chi connectivity index (χ1v) is 7.91. The molecule has 2 rings (SSSR count). The second-order valence-electron chi connectivity index (χ2n) is 6.68. The molecule has 5 atom stereocenters. The van der Waals surface area contributed by atoms with Gasteiger partial charge in [-0.2, -0.15) is 0 Å². The fourth-order valence-electron chi connectivity index (χ4n) is 3.51. The Bertz CT molecular complexity index is 521. The van der Waals surface area contributed by atoms with Gasteiger partial charge in [-0.25, -0.2) is 0 Å². The van der Waals surface area contributed by atoms with E-state index in [1.165, 1.54) is 23.6 Å². The van der Waals surface area contributed by atoms with Crippen molar-refractivity contribution in [3.05, 3.63) is 0 Å². The van der Waals surface area contributed by atoms with E-state index in [1.807, 2.05) is 0 Å². The molecule has 0 aromatic rings. The smallest absolute Gasteiger partial charge is 0.251 e. The maximum absolute atomic E-state index is 12.7. The van der Waals surface area contributed by atoms with E-state index in [0.717, 1.165) is 0 Å². The Labute approximate surface area is 135 Å². The van der Waals surface area contributed by atoms with Gasteiger partial charge in [0.1, 0.15) is 11.6 Å². The van der Waals surface area contributed by atoms with Gasteiger partial charge in [-0.05, 0) is 26.7 Å². The van der Waals surface area contributed by atoms with Crippen molar-refractivity contribution in [1.29, 1.82) is 0 Å². The van der Waals surface area contributed by atoms with Crippen LogP contribution in [0.4, 0.5) is 0 Å². The number of primary amides is 1. The number of amides is 3. The molecule has 2 aliphatic rings. The van der Waals surface area contributed by atoms with E-state index in [2.05, 4.69) is 0 Å². The van der Waals surface area contributed by atoms with Crippen molar-refractivity contribution in [2.75, 3.05) is 13.1 Å². The Morgan fingerprint density at radius 3 is 2.26 bits per heavy atom. The molecule has 2 fully saturated rings. The minimum atomic E-state index is -1.08. The number of rotatable bonds is 5. The van der Waals surface area contributed by atoms with E-state index < -0.39 is 35.6 Å². The number of carbonyl (C=O) groups excluding carboxylic acids is 3. The molecule has 0 aromatic heterocycles. The summed E-state index contributed by atoms with van der Waals surface area (Å²) in [5, 5.41) is 19.3. The third kappa shape index (κ3) is 2.70. The van der Waals surface area contributed by atoms with Crippen LogP contribution in [0.1, 0.15) is 33.6 Å². The van der Waals surface area contributed by atoms with Gasteiger partial charge < -0.3 is 25.7 Å². The Morgan fingerprint density at radius 1 is 1.22 bits per heavy atom. The monoisotopic (exact) mass is 327 g/mol. The van der Waals surface area contributed by atoms with Gasteiger partial charge in [0.15, 0.2) is 0 Å². The van der Waals surface area contributed by atoms with Gasteiger partial charge in [-0.1, -0.05) is 6.92 Å². The molecule has 130 valence electrons. The van der Waals surface area contributed by atoms with E-state index in [0.29, 0.717) is 19.4 Å². The number of aliphatic hydroxyl groups is 2. The van der Waals surface area contributed by atoms with Crippen LogP contribution in [0.25, 0.3) is 0 Å². The molecule has 3 amide bonds. The molecule has 2 saturated heterocycles. The molecular formula is C15H25N3O5. The largest absolute Gasteiger partial charge is 0.393 e. The summed E-state index contributed by atoms with van der Waals surface area (Å²) in [5.74, 6) is -1.99. The molecule has 23 heavy (non-hydrogen) atoms. The van der Waals surface area contributed by atoms with E-state index in [1.54, 1.807) is 6.92 Å². The van der Waals surface area contributed by atoms with Gasteiger partial charge in [0.2, 0.25) is 11.8 Å². The predicted molar refractivity (Wildman–Crippen MR) is 80.9 cm³/mol. The van der Waals surface area contributed by atoms with Crippen LogP contribution in [-0.2, 0) is 14.4 Å². The van der Waals surface area contributed by atoms with Crippen LogP contribution < -0.4 is 5.73 Å². The minimum Gasteiger partial charge on any atom is -0.393 e. The zero-order valence-corrected chi connectivity index (χ0v) is 13.7. The quantitative estimate of drug-likeness (QED) is 0.527. The molecule has 0 saturated carbocycles. The number of nitrogens with zero attached hydrogens (tertiary/aromatic N) is 2. The van der Waals surface area contributed by atoms with Crippen LogP contribution in [-0.4, -0.2) is 74.6 Å². The van der Waals surface area contributed by atoms with Gasteiger partial charge in [-0.3, -0.25) is 14.4 Å². The number of hydrogen-bond donors (Lipinski definition) is 3. The third-order valence-corrected chi connectivity index (χ3v) is 5.04. The predicted octanol–water partition coefficient (Wildman–Crippen LogP) is -1.56. The average Bonchev–Trinajstić information content (AvgIpc) is 2.90. The molecule has 4 N–H and O–H groups in total. The lowest BCUT2D eigenvalue weighted by Crippen LogP contribution is -2.77. The first-order valence-electron chi connectivity index (χ1n) is 7.91. The lowest BCUT2D eigenvalue weighted by atomic mass is 9.82. The van der Waals surface area contributed by atoms with Crippen molar-refractivity contribution in [1.82, 2.24) is 9.80 Å². The molecule has 0 bridgehead atoms. The van der Waals surface area contributed by atoms with Crippen molar-refractivity contribution in [2.24, 2.45) is 11.7 Å². The molecular weight excluding hydrogens is 302 g/mol. The Kier molecular flexibility index (Phi) is 4.68. The van der Waals surface area contributed by atoms with E-state index in [4.69, 9.17) is 5.73 Å². The molecule has 1 unspecified atom stereocenters. The van der Waals surface area contributed by atoms with Gasteiger partial charge in [-0.15, -0.1) is 0 Å². The standard InChI is InChI=1S/C15H25N3O5/c1-8(9(2)19)13(22)18-6-4-5-15(18)7-17(14(15)23)11(10(3)20)12(16)21/h8-11,19-20H,4-7H2,1-3H3,(H2,16,21)/t8-,9+,10+,11-,15?/m0/s1.